The van der Waals surface area contributed by atoms with E-state index in [0.29, 0.717) is 23.7 Å². The zero-order chi connectivity index (χ0) is 19.0. The van der Waals surface area contributed by atoms with Crippen molar-refractivity contribution in [1.82, 2.24) is 9.78 Å². The van der Waals surface area contributed by atoms with Crippen LogP contribution in [0.4, 0.5) is 5.82 Å². The van der Waals surface area contributed by atoms with E-state index in [1.165, 1.54) is 0 Å². The monoisotopic (exact) mass is 363 g/mol. The normalized spacial score (nSPS) is 15.9. The minimum atomic E-state index is -0.231. The average molecular weight is 363 g/mol. The van der Waals surface area contributed by atoms with Crippen LogP contribution in [-0.2, 0) is 18.4 Å². The molecule has 4 rings (SSSR count). The molecule has 6 heteroatoms. The standard InChI is InChI=1S/C21H21N3O3/c1-13-20-17(11-19(26)22-21(20)24(2)23-13)16-9-8-15(10-18(16)25)27-12-14-6-4-3-5-7-14/h3-10,17,25H,11-12H2,1-2H3,(H,22,26)/t17-/m0/s1. The summed E-state index contributed by atoms with van der Waals surface area (Å²) in [6.45, 7) is 2.34. The molecule has 3 aromatic rings. The van der Waals surface area contributed by atoms with Crippen LogP contribution in [0.1, 0.15) is 34.7 Å². The summed E-state index contributed by atoms with van der Waals surface area (Å²) in [5.74, 6) is 1.08. The Morgan fingerprint density at radius 1 is 1.26 bits per heavy atom. The van der Waals surface area contributed by atoms with E-state index in [-0.39, 0.29) is 24.0 Å². The number of aromatic hydroxyl groups is 1. The van der Waals surface area contributed by atoms with E-state index in [4.69, 9.17) is 4.74 Å². The number of rotatable bonds is 4. The number of carbonyl (C=O) groups is 1. The molecule has 1 aromatic heterocycles. The number of phenols is 1. The van der Waals surface area contributed by atoms with Crippen LogP contribution in [0.2, 0.25) is 0 Å². The lowest BCUT2D eigenvalue weighted by Gasteiger charge is -2.24. The molecule has 0 saturated carbocycles. The third-order valence-electron chi connectivity index (χ3n) is 4.89. The third-order valence-corrected chi connectivity index (χ3v) is 4.89. The van der Waals surface area contributed by atoms with Crippen molar-refractivity contribution in [3.8, 4) is 11.5 Å². The van der Waals surface area contributed by atoms with Crippen molar-refractivity contribution < 1.29 is 14.6 Å². The molecule has 0 saturated heterocycles. The average Bonchev–Trinajstić information content (AvgIpc) is 2.94. The van der Waals surface area contributed by atoms with Gasteiger partial charge in [-0.3, -0.25) is 9.48 Å². The Labute approximate surface area is 157 Å². The summed E-state index contributed by atoms with van der Waals surface area (Å²) in [7, 11) is 1.80. The lowest BCUT2D eigenvalue weighted by Crippen LogP contribution is -2.24. The van der Waals surface area contributed by atoms with Crippen LogP contribution in [-0.4, -0.2) is 20.8 Å². The van der Waals surface area contributed by atoms with Crippen molar-refractivity contribution in [2.24, 2.45) is 7.05 Å². The van der Waals surface area contributed by atoms with Crippen molar-refractivity contribution in [2.75, 3.05) is 5.32 Å². The van der Waals surface area contributed by atoms with Gasteiger partial charge in [0.2, 0.25) is 5.91 Å². The molecule has 2 heterocycles. The molecule has 1 amide bonds. The molecule has 1 aliphatic rings. The van der Waals surface area contributed by atoms with E-state index in [1.54, 1.807) is 17.8 Å². The maximum atomic E-state index is 12.2. The quantitative estimate of drug-likeness (QED) is 0.744. The van der Waals surface area contributed by atoms with Crippen LogP contribution >= 0.6 is 0 Å². The van der Waals surface area contributed by atoms with Crippen molar-refractivity contribution >= 4 is 11.7 Å². The smallest absolute Gasteiger partial charge is 0.226 e. The van der Waals surface area contributed by atoms with Gasteiger partial charge in [-0.25, -0.2) is 0 Å². The number of phenolic OH excluding ortho intramolecular Hbond substituents is 1. The summed E-state index contributed by atoms with van der Waals surface area (Å²) >= 11 is 0. The Morgan fingerprint density at radius 2 is 2.04 bits per heavy atom. The Hall–Kier alpha value is -3.28. The van der Waals surface area contributed by atoms with Crippen molar-refractivity contribution in [2.45, 2.75) is 25.9 Å². The van der Waals surface area contributed by atoms with Crippen LogP contribution < -0.4 is 10.1 Å². The molecule has 6 nitrogen and oxygen atoms in total. The van der Waals surface area contributed by atoms with Crippen LogP contribution in [0.15, 0.2) is 48.5 Å². The molecule has 138 valence electrons. The number of benzene rings is 2. The number of aryl methyl sites for hydroxylation is 2. The number of nitrogens with zero attached hydrogens (tertiary/aromatic N) is 2. The number of aromatic nitrogens is 2. The van der Waals surface area contributed by atoms with E-state index in [2.05, 4.69) is 10.4 Å². The topological polar surface area (TPSA) is 76.4 Å². The van der Waals surface area contributed by atoms with Gasteiger partial charge in [0.1, 0.15) is 23.9 Å². The molecule has 0 fully saturated rings. The molecule has 1 aliphatic heterocycles. The van der Waals surface area contributed by atoms with E-state index >= 15 is 0 Å². The summed E-state index contributed by atoms with van der Waals surface area (Å²) in [5, 5.41) is 17.9. The lowest BCUT2D eigenvalue weighted by atomic mass is 9.85. The van der Waals surface area contributed by atoms with Gasteiger partial charge in [0, 0.05) is 36.6 Å². The zero-order valence-electron chi connectivity index (χ0n) is 15.3. The molecular weight excluding hydrogens is 342 g/mol. The van der Waals surface area contributed by atoms with Crippen LogP contribution in [0, 0.1) is 6.92 Å². The Bertz CT molecular complexity index is 995. The lowest BCUT2D eigenvalue weighted by molar-refractivity contribution is -0.116. The van der Waals surface area contributed by atoms with Crippen LogP contribution in [0.3, 0.4) is 0 Å². The molecule has 2 N–H and O–H groups in total. The van der Waals surface area contributed by atoms with Gasteiger partial charge in [-0.05, 0) is 18.6 Å². The van der Waals surface area contributed by atoms with Crippen LogP contribution in [0.25, 0.3) is 0 Å². The number of hydrogen-bond donors (Lipinski definition) is 2. The number of nitrogens with one attached hydrogen (secondary N) is 1. The van der Waals surface area contributed by atoms with E-state index < -0.39 is 0 Å². The number of carbonyl (C=O) groups excluding carboxylic acids is 1. The highest BCUT2D eigenvalue weighted by molar-refractivity contribution is 5.94. The first kappa shape index (κ1) is 17.1. The molecule has 0 bridgehead atoms. The predicted octanol–water partition coefficient (Wildman–Crippen LogP) is 3.49. The zero-order valence-corrected chi connectivity index (χ0v) is 15.3. The maximum Gasteiger partial charge on any atom is 0.226 e. The first-order valence-corrected chi connectivity index (χ1v) is 8.86. The fourth-order valence-corrected chi connectivity index (χ4v) is 3.62. The number of hydrogen-bond acceptors (Lipinski definition) is 4. The Morgan fingerprint density at radius 3 is 2.78 bits per heavy atom. The summed E-state index contributed by atoms with van der Waals surface area (Å²) < 4.78 is 7.45. The molecule has 0 aliphatic carbocycles. The second kappa shape index (κ2) is 6.79. The summed E-state index contributed by atoms with van der Waals surface area (Å²) in [4.78, 5) is 12.2. The molecule has 0 spiro atoms. The van der Waals surface area contributed by atoms with Gasteiger partial charge in [0.25, 0.3) is 0 Å². The molecule has 0 unspecified atom stereocenters. The fraction of sp³-hybridized carbons (Fsp3) is 0.238. The van der Waals surface area contributed by atoms with Gasteiger partial charge in [-0.2, -0.15) is 5.10 Å². The van der Waals surface area contributed by atoms with Gasteiger partial charge in [-0.15, -0.1) is 0 Å². The molecule has 2 aromatic carbocycles. The molecular formula is C21H21N3O3. The summed E-state index contributed by atoms with van der Waals surface area (Å²) in [5.41, 5.74) is 3.56. The summed E-state index contributed by atoms with van der Waals surface area (Å²) in [6, 6.07) is 15.1. The van der Waals surface area contributed by atoms with Gasteiger partial charge < -0.3 is 15.2 Å². The molecule has 0 radical (unpaired) electrons. The minimum Gasteiger partial charge on any atom is -0.508 e. The van der Waals surface area contributed by atoms with Crippen molar-refractivity contribution in [1.29, 1.82) is 0 Å². The van der Waals surface area contributed by atoms with Gasteiger partial charge >= 0.3 is 0 Å². The Balaban J connectivity index is 1.61. The highest BCUT2D eigenvalue weighted by Gasteiger charge is 2.33. The van der Waals surface area contributed by atoms with Gasteiger partial charge in [0.05, 0.1) is 5.69 Å². The predicted molar refractivity (Wildman–Crippen MR) is 102 cm³/mol. The van der Waals surface area contributed by atoms with E-state index in [0.717, 1.165) is 16.8 Å². The largest absolute Gasteiger partial charge is 0.508 e. The SMILES string of the molecule is Cc1nn(C)c2c1[C@H](c1ccc(OCc3ccccc3)cc1O)CC(=O)N2. The van der Waals surface area contributed by atoms with Gasteiger partial charge in [0.15, 0.2) is 0 Å². The number of anilines is 1. The summed E-state index contributed by atoms with van der Waals surface area (Å²) in [6.07, 6.45) is 0.275. The number of ether oxygens (including phenoxy) is 1. The van der Waals surface area contributed by atoms with Crippen molar-refractivity contribution in [3.05, 3.63) is 70.9 Å². The fourth-order valence-electron chi connectivity index (χ4n) is 3.62. The first-order chi connectivity index (χ1) is 13.0. The number of fused-ring (bicyclic) bond motifs is 1. The van der Waals surface area contributed by atoms with Crippen LogP contribution in [0.5, 0.6) is 11.5 Å². The highest BCUT2D eigenvalue weighted by atomic mass is 16.5. The first-order valence-electron chi connectivity index (χ1n) is 8.86. The van der Waals surface area contributed by atoms with E-state index in [1.807, 2.05) is 49.4 Å². The Kier molecular flexibility index (Phi) is 4.32. The third kappa shape index (κ3) is 3.26. The van der Waals surface area contributed by atoms with E-state index in [9.17, 15) is 9.90 Å². The second-order valence-corrected chi connectivity index (χ2v) is 6.77. The maximum absolute atomic E-state index is 12.2. The second-order valence-electron chi connectivity index (χ2n) is 6.77. The highest BCUT2D eigenvalue weighted by Crippen LogP contribution is 2.42. The number of amides is 1. The van der Waals surface area contributed by atoms with Crippen molar-refractivity contribution in [3.63, 3.8) is 0 Å². The minimum absolute atomic E-state index is 0.0840. The molecule has 1 atom stereocenters. The molecule has 27 heavy (non-hydrogen) atoms. The van der Waals surface area contributed by atoms with Gasteiger partial charge in [-0.1, -0.05) is 36.4 Å².